The quantitative estimate of drug-likeness (QED) is 0.621. The molecular weight excluding hydrogens is 188 g/mol. The highest BCUT2D eigenvalue weighted by Gasteiger charge is 2.23. The van der Waals surface area contributed by atoms with Crippen LogP contribution >= 0.6 is 0 Å². The number of aliphatic hydroxyl groups is 1. The van der Waals surface area contributed by atoms with Crippen molar-refractivity contribution in [1.82, 2.24) is 10.6 Å². The molecule has 1 fully saturated rings. The third-order valence-corrected chi connectivity index (χ3v) is 3.37. The summed E-state index contributed by atoms with van der Waals surface area (Å²) >= 11 is 0. The highest BCUT2D eigenvalue weighted by atomic mass is 16.3. The van der Waals surface area contributed by atoms with Gasteiger partial charge in [0.1, 0.15) is 0 Å². The lowest BCUT2D eigenvalue weighted by molar-refractivity contribution is 0.156. The molecule has 1 saturated heterocycles. The number of aliphatic hydroxyl groups excluding tert-OH is 1. The predicted molar refractivity (Wildman–Crippen MR) is 64.0 cm³/mol. The van der Waals surface area contributed by atoms with Crippen molar-refractivity contribution in [3.05, 3.63) is 0 Å². The number of hydrogen-bond acceptors (Lipinski definition) is 3. The second-order valence-corrected chi connectivity index (χ2v) is 5.06. The van der Waals surface area contributed by atoms with E-state index in [0.29, 0.717) is 0 Å². The van der Waals surface area contributed by atoms with Gasteiger partial charge < -0.3 is 15.7 Å². The fraction of sp³-hybridized carbons (Fsp3) is 1.00. The van der Waals surface area contributed by atoms with E-state index in [-0.39, 0.29) is 12.1 Å². The Labute approximate surface area is 93.6 Å². The third kappa shape index (κ3) is 4.49. The fourth-order valence-electron chi connectivity index (χ4n) is 2.26. The van der Waals surface area contributed by atoms with Gasteiger partial charge in [0.05, 0.1) is 6.61 Å². The second kappa shape index (κ2) is 6.46. The maximum atomic E-state index is 9.37. The molecule has 2 atom stereocenters. The highest BCUT2D eigenvalue weighted by Crippen LogP contribution is 2.14. The lowest BCUT2D eigenvalue weighted by Gasteiger charge is -2.32. The molecule has 0 aliphatic carbocycles. The topological polar surface area (TPSA) is 44.3 Å². The molecule has 1 rings (SSSR count). The van der Waals surface area contributed by atoms with E-state index >= 15 is 0 Å². The van der Waals surface area contributed by atoms with Crippen LogP contribution < -0.4 is 10.6 Å². The van der Waals surface area contributed by atoms with Gasteiger partial charge in [-0.25, -0.2) is 0 Å². The normalized spacial score (nSPS) is 26.2. The number of nitrogens with one attached hydrogen (secondary N) is 2. The molecule has 3 heteroatoms. The van der Waals surface area contributed by atoms with Crippen LogP contribution in [0.1, 0.15) is 39.5 Å². The zero-order valence-electron chi connectivity index (χ0n) is 10.2. The molecular formula is C12H26N2O. The average molecular weight is 214 g/mol. The van der Waals surface area contributed by atoms with Crippen molar-refractivity contribution in [3.63, 3.8) is 0 Å². The molecule has 0 amide bonds. The van der Waals surface area contributed by atoms with E-state index in [4.69, 9.17) is 0 Å². The summed E-state index contributed by atoms with van der Waals surface area (Å²) in [4.78, 5) is 0. The summed E-state index contributed by atoms with van der Waals surface area (Å²) in [5, 5.41) is 16.3. The smallest absolute Gasteiger partial charge is 0.0610 e. The van der Waals surface area contributed by atoms with Crippen LogP contribution in [0.3, 0.4) is 0 Å². The van der Waals surface area contributed by atoms with E-state index in [9.17, 15) is 5.11 Å². The summed E-state index contributed by atoms with van der Waals surface area (Å²) in [6.45, 7) is 7.85. The van der Waals surface area contributed by atoms with Crippen LogP contribution in [0.5, 0.6) is 0 Å². The second-order valence-electron chi connectivity index (χ2n) is 5.06. The maximum Gasteiger partial charge on any atom is 0.0610 e. The van der Waals surface area contributed by atoms with Crippen LogP contribution in [-0.2, 0) is 0 Å². The Morgan fingerprint density at radius 3 is 2.87 bits per heavy atom. The van der Waals surface area contributed by atoms with E-state index in [0.717, 1.165) is 31.8 Å². The van der Waals surface area contributed by atoms with Crippen LogP contribution in [0, 0.1) is 5.92 Å². The fourth-order valence-corrected chi connectivity index (χ4v) is 2.26. The molecule has 0 aromatic rings. The van der Waals surface area contributed by atoms with Crippen molar-refractivity contribution < 1.29 is 5.11 Å². The Morgan fingerprint density at radius 1 is 1.53 bits per heavy atom. The first-order valence-corrected chi connectivity index (χ1v) is 6.27. The number of rotatable bonds is 6. The van der Waals surface area contributed by atoms with Gasteiger partial charge in [-0.1, -0.05) is 13.3 Å². The van der Waals surface area contributed by atoms with Crippen molar-refractivity contribution in [3.8, 4) is 0 Å². The van der Waals surface area contributed by atoms with Crippen molar-refractivity contribution in [2.45, 2.75) is 45.1 Å². The minimum absolute atomic E-state index is 0.0772. The number of hydrogen-bond donors (Lipinski definition) is 3. The van der Waals surface area contributed by atoms with Crippen LogP contribution in [0.25, 0.3) is 0 Å². The van der Waals surface area contributed by atoms with Crippen LogP contribution in [-0.4, -0.2) is 36.9 Å². The van der Waals surface area contributed by atoms with E-state index in [1.54, 1.807) is 0 Å². The lowest BCUT2D eigenvalue weighted by atomic mass is 9.94. The third-order valence-electron chi connectivity index (χ3n) is 3.37. The molecule has 15 heavy (non-hydrogen) atoms. The van der Waals surface area contributed by atoms with Crippen LogP contribution in [0.4, 0.5) is 0 Å². The predicted octanol–water partition coefficient (Wildman–Crippen LogP) is 1.13. The van der Waals surface area contributed by atoms with Crippen molar-refractivity contribution in [2.24, 2.45) is 5.92 Å². The maximum absolute atomic E-state index is 9.37. The standard InChI is InChI=1S/C12H26N2O/c1-3-6-12(2,10-15)14-9-11-5-4-7-13-8-11/h11,13-15H,3-10H2,1-2H3. The molecule has 2 unspecified atom stereocenters. The Balaban J connectivity index is 2.25. The van der Waals surface area contributed by atoms with Crippen molar-refractivity contribution >= 4 is 0 Å². The van der Waals surface area contributed by atoms with E-state index in [1.165, 1.54) is 19.4 Å². The first-order valence-electron chi connectivity index (χ1n) is 6.27. The summed E-state index contributed by atoms with van der Waals surface area (Å²) in [6.07, 6.45) is 4.76. The molecule has 1 heterocycles. The van der Waals surface area contributed by atoms with E-state index in [2.05, 4.69) is 24.5 Å². The molecule has 0 aromatic heterocycles. The summed E-state index contributed by atoms with van der Waals surface area (Å²) in [5.74, 6) is 0.737. The summed E-state index contributed by atoms with van der Waals surface area (Å²) in [7, 11) is 0. The first-order chi connectivity index (χ1) is 7.20. The molecule has 0 aromatic carbocycles. The zero-order valence-corrected chi connectivity index (χ0v) is 10.2. The molecule has 3 nitrogen and oxygen atoms in total. The Bertz CT molecular complexity index is 169. The molecule has 90 valence electrons. The summed E-state index contributed by atoms with van der Waals surface area (Å²) in [6, 6.07) is 0. The van der Waals surface area contributed by atoms with Crippen molar-refractivity contribution in [1.29, 1.82) is 0 Å². The molecule has 0 saturated carbocycles. The van der Waals surface area contributed by atoms with Crippen molar-refractivity contribution in [2.75, 3.05) is 26.2 Å². The van der Waals surface area contributed by atoms with Gasteiger partial charge in [0.25, 0.3) is 0 Å². The molecule has 1 aliphatic rings. The van der Waals surface area contributed by atoms with Crippen LogP contribution in [0.2, 0.25) is 0 Å². The van der Waals surface area contributed by atoms with Gasteiger partial charge in [0, 0.05) is 5.54 Å². The molecule has 0 radical (unpaired) electrons. The van der Waals surface area contributed by atoms with Crippen LogP contribution in [0.15, 0.2) is 0 Å². The first kappa shape index (κ1) is 12.9. The van der Waals surface area contributed by atoms with Gasteiger partial charge >= 0.3 is 0 Å². The molecule has 0 bridgehead atoms. The van der Waals surface area contributed by atoms with Gasteiger partial charge in [-0.3, -0.25) is 0 Å². The SMILES string of the molecule is CCCC(C)(CO)NCC1CCCNC1. The van der Waals surface area contributed by atoms with E-state index < -0.39 is 0 Å². The van der Waals surface area contributed by atoms with Gasteiger partial charge in [-0.2, -0.15) is 0 Å². The summed E-state index contributed by atoms with van der Waals surface area (Å²) in [5.41, 5.74) is -0.0772. The molecule has 3 N–H and O–H groups in total. The monoisotopic (exact) mass is 214 g/mol. The molecule has 0 spiro atoms. The largest absolute Gasteiger partial charge is 0.394 e. The minimum atomic E-state index is -0.0772. The Morgan fingerprint density at radius 2 is 2.33 bits per heavy atom. The Hall–Kier alpha value is -0.120. The van der Waals surface area contributed by atoms with Gasteiger partial charge in [0.15, 0.2) is 0 Å². The highest BCUT2D eigenvalue weighted by molar-refractivity contribution is 4.83. The zero-order chi connectivity index (χ0) is 11.1. The van der Waals surface area contributed by atoms with Gasteiger partial charge in [-0.05, 0) is 51.7 Å². The minimum Gasteiger partial charge on any atom is -0.394 e. The van der Waals surface area contributed by atoms with E-state index in [1.807, 2.05) is 0 Å². The van der Waals surface area contributed by atoms with Gasteiger partial charge in [0.2, 0.25) is 0 Å². The lowest BCUT2D eigenvalue weighted by Crippen LogP contribution is -2.49. The summed E-state index contributed by atoms with van der Waals surface area (Å²) < 4.78 is 0. The number of piperidine rings is 1. The average Bonchev–Trinajstić information content (AvgIpc) is 2.28. The van der Waals surface area contributed by atoms with Gasteiger partial charge in [-0.15, -0.1) is 0 Å². The molecule has 1 aliphatic heterocycles. The Kier molecular flexibility index (Phi) is 5.58.